The molecule has 2 bridgehead atoms. The number of aliphatic carboxylic acids is 3. The number of benzene rings is 1. The van der Waals surface area contributed by atoms with E-state index in [2.05, 4.69) is 44.8 Å². The van der Waals surface area contributed by atoms with Crippen LogP contribution in [0.25, 0.3) is 0 Å². The molecule has 0 aliphatic carbocycles. The Labute approximate surface area is 435 Å². The lowest BCUT2D eigenvalue weighted by Gasteiger charge is -2.32. The number of fused-ring (bicyclic) bond motifs is 2. The summed E-state index contributed by atoms with van der Waals surface area (Å²) in [5.41, 5.74) is 8.79. The lowest BCUT2D eigenvalue weighted by atomic mass is 9.96. The van der Waals surface area contributed by atoms with Crippen LogP contribution in [-0.2, 0) is 60.4 Å². The maximum absolute atomic E-state index is 13.7. The molecule has 0 saturated carbocycles. The van der Waals surface area contributed by atoms with Gasteiger partial charge in [0.05, 0.1) is 32.7 Å². The number of nitrogens with zero attached hydrogens (tertiary/aromatic N) is 4. The fourth-order valence-electron chi connectivity index (χ4n) is 7.86. The predicted molar refractivity (Wildman–Crippen MR) is 278 cm³/mol. The Morgan fingerprint density at radius 3 is 1.76 bits per heavy atom. The van der Waals surface area contributed by atoms with Gasteiger partial charge in [0, 0.05) is 99.8 Å². The molecule has 0 radical (unpaired) electrons. The van der Waals surface area contributed by atoms with Crippen LogP contribution < -0.4 is 32.3 Å². The summed E-state index contributed by atoms with van der Waals surface area (Å²) in [4.78, 5) is 121. The Morgan fingerprint density at radius 2 is 1.26 bits per heavy atom. The number of carbonyl (C=O) groups is 9. The molecule has 2 heterocycles. The van der Waals surface area contributed by atoms with E-state index in [0.29, 0.717) is 67.9 Å². The zero-order valence-electron chi connectivity index (χ0n) is 42.0. The average molecular weight is 1070 g/mol. The summed E-state index contributed by atoms with van der Waals surface area (Å²) in [5.74, 6) is -3.48. The van der Waals surface area contributed by atoms with Crippen LogP contribution in [0.2, 0.25) is 0 Å². The van der Waals surface area contributed by atoms with Gasteiger partial charge in [0.1, 0.15) is 18.1 Å². The normalized spacial score (nSPS) is 21.5. The first kappa shape index (κ1) is 61.6. The number of hydrogen-bond acceptors (Lipinski definition) is 16. The second-order valence-electron chi connectivity index (χ2n) is 18.5. The molecule has 3 rings (SSSR count). The molecule has 1 unspecified atom stereocenters. The zero-order chi connectivity index (χ0) is 53.2. The Morgan fingerprint density at radius 1 is 0.736 bits per heavy atom. The highest BCUT2D eigenvalue weighted by Gasteiger charge is 2.32. The number of hydrogen-bond donors (Lipinski definition) is 9. The molecule has 22 nitrogen and oxygen atoms in total. The van der Waals surface area contributed by atoms with Crippen molar-refractivity contribution in [1.29, 1.82) is 0 Å². The molecule has 6 amide bonds. The third kappa shape index (κ3) is 25.3. The lowest BCUT2D eigenvalue weighted by molar-refractivity contribution is -0.140. The molecular formula is C47H76N10O12S3. The van der Waals surface area contributed by atoms with Crippen molar-refractivity contribution < 1.29 is 58.5 Å². The number of carboxylic acid groups (broad SMARTS) is 3. The van der Waals surface area contributed by atoms with Gasteiger partial charge in [-0.15, -0.1) is 0 Å². The number of primary amides is 1. The number of carboxylic acids is 3. The molecule has 10 N–H and O–H groups in total. The fourth-order valence-corrected chi connectivity index (χ4v) is 10.5. The van der Waals surface area contributed by atoms with Crippen molar-refractivity contribution in [3.8, 4) is 0 Å². The lowest BCUT2D eigenvalue weighted by Crippen LogP contribution is -2.59. The van der Waals surface area contributed by atoms with Crippen LogP contribution in [0.15, 0.2) is 18.2 Å². The maximum atomic E-state index is 13.7. The topological polar surface area (TPSA) is 313 Å². The van der Waals surface area contributed by atoms with Crippen molar-refractivity contribution in [3.63, 3.8) is 0 Å². The molecule has 1 saturated heterocycles. The molecule has 404 valence electrons. The van der Waals surface area contributed by atoms with E-state index >= 15 is 0 Å². The van der Waals surface area contributed by atoms with Crippen molar-refractivity contribution in [1.82, 2.24) is 46.2 Å². The summed E-state index contributed by atoms with van der Waals surface area (Å²) in [5, 5.41) is 42.3. The van der Waals surface area contributed by atoms with E-state index in [1.807, 2.05) is 25.7 Å². The van der Waals surface area contributed by atoms with Gasteiger partial charge in [-0.25, -0.2) is 0 Å². The Bertz CT molecular complexity index is 1950. The SMILES string of the molecule is CC[C@H](C)[C@@H]1NC(=O)[C@H](CC(C)C)NC(=O)CNC(=O)CCSCc2cc(CSCCNC(=O)CN3CCN(CC(=O)O)CCN(CC(=O)O)CCN(CC(=O)O)CC3)cc(c2)CSCC(C(N)=O)NC1=O. The van der Waals surface area contributed by atoms with Gasteiger partial charge in [-0.1, -0.05) is 52.3 Å². The van der Waals surface area contributed by atoms with Gasteiger partial charge in [-0.05, 0) is 34.9 Å². The van der Waals surface area contributed by atoms with E-state index in [1.165, 1.54) is 11.8 Å². The Hall–Kier alpha value is -4.66. The van der Waals surface area contributed by atoms with Gasteiger partial charge in [-0.3, -0.25) is 62.8 Å². The van der Waals surface area contributed by atoms with Crippen LogP contribution >= 0.6 is 35.3 Å². The van der Waals surface area contributed by atoms with Crippen LogP contribution in [0, 0.1) is 11.8 Å². The molecule has 1 aromatic carbocycles. The molecule has 2 aliphatic rings. The van der Waals surface area contributed by atoms with E-state index in [9.17, 15) is 58.5 Å². The van der Waals surface area contributed by atoms with Crippen LogP contribution in [0.4, 0.5) is 0 Å². The van der Waals surface area contributed by atoms with Crippen molar-refractivity contribution in [2.75, 3.05) is 109 Å². The molecular weight excluding hydrogens is 993 g/mol. The molecule has 4 atom stereocenters. The van der Waals surface area contributed by atoms with Gasteiger partial charge in [0.25, 0.3) is 0 Å². The summed E-state index contributed by atoms with van der Waals surface area (Å²) in [6.07, 6.45) is 0.982. The van der Waals surface area contributed by atoms with Gasteiger partial charge in [0.2, 0.25) is 35.4 Å². The zero-order valence-corrected chi connectivity index (χ0v) is 44.4. The van der Waals surface area contributed by atoms with Crippen molar-refractivity contribution in [2.45, 2.75) is 82.3 Å². The summed E-state index contributed by atoms with van der Waals surface area (Å²) in [7, 11) is 0. The quantitative estimate of drug-likeness (QED) is 0.0840. The highest BCUT2D eigenvalue weighted by atomic mass is 32.2. The highest BCUT2D eigenvalue weighted by molar-refractivity contribution is 7.99. The highest BCUT2D eigenvalue weighted by Crippen LogP contribution is 2.24. The first-order valence-electron chi connectivity index (χ1n) is 24.3. The fraction of sp³-hybridized carbons (Fsp3) is 0.681. The van der Waals surface area contributed by atoms with Gasteiger partial charge >= 0.3 is 17.9 Å². The first-order chi connectivity index (χ1) is 34.2. The van der Waals surface area contributed by atoms with Gasteiger partial charge < -0.3 is 47.6 Å². The standard InChI is InChI=1S/C47H76N10O12S3/c1-5-32(4)44-47(69)52-37(45(48)67)30-72-29-35-20-33(27-70-16-6-38(58)50-22-39(59)51-36(18-31(2)3)46(68)53-44)19-34(21-35)28-71-17-7-49-40(60)23-54-8-10-55(24-41(61)62)12-14-57(26-43(65)66)15-13-56(11-9-54)25-42(63)64/h19-21,31-32,36-37,44H,5-18,22-30H2,1-4H3,(H2,48,67)(H,49,60)(H,50,58)(H,51,59)(H,52,69)(H,53,68)(H,61,62)(H,63,64)(H,65,66)/t32-,36-,37?,44-/m0/s1. The van der Waals surface area contributed by atoms with Crippen LogP contribution in [-0.4, -0.2) is 215 Å². The minimum atomic E-state index is -1.04. The largest absolute Gasteiger partial charge is 0.480 e. The molecule has 1 aromatic rings. The third-order valence-electron chi connectivity index (χ3n) is 11.9. The number of carbonyl (C=O) groups excluding carboxylic acids is 6. The van der Waals surface area contributed by atoms with Crippen LogP contribution in [0.1, 0.15) is 63.6 Å². The number of thioether (sulfide) groups is 3. The number of amides is 6. The Balaban J connectivity index is 1.69. The predicted octanol–water partition coefficient (Wildman–Crippen LogP) is -0.470. The van der Waals surface area contributed by atoms with Crippen LogP contribution in [0.3, 0.4) is 0 Å². The van der Waals surface area contributed by atoms with Crippen LogP contribution in [0.5, 0.6) is 0 Å². The second kappa shape index (κ2) is 33.2. The summed E-state index contributed by atoms with van der Waals surface area (Å²) in [6, 6.07) is 3.18. The van der Waals surface area contributed by atoms with E-state index in [1.54, 1.807) is 45.1 Å². The van der Waals surface area contributed by atoms with Crippen molar-refractivity contribution in [2.24, 2.45) is 17.6 Å². The van der Waals surface area contributed by atoms with Gasteiger partial charge in [-0.2, -0.15) is 35.3 Å². The maximum Gasteiger partial charge on any atom is 0.317 e. The molecule has 0 spiro atoms. The Kier molecular flexibility index (Phi) is 28.4. The number of nitrogens with one attached hydrogen (secondary N) is 5. The molecule has 1 fully saturated rings. The molecule has 0 aromatic heterocycles. The molecule has 2 aliphatic heterocycles. The van der Waals surface area contributed by atoms with E-state index in [0.717, 1.165) is 16.7 Å². The summed E-state index contributed by atoms with van der Waals surface area (Å²) in [6.45, 7) is 9.05. The van der Waals surface area contributed by atoms with E-state index < -0.39 is 59.7 Å². The second-order valence-corrected chi connectivity index (χ2v) is 21.8. The molecule has 72 heavy (non-hydrogen) atoms. The monoisotopic (exact) mass is 1070 g/mol. The minimum Gasteiger partial charge on any atom is -0.480 e. The average Bonchev–Trinajstić information content (AvgIpc) is 3.30. The summed E-state index contributed by atoms with van der Waals surface area (Å²) < 4.78 is 0. The summed E-state index contributed by atoms with van der Waals surface area (Å²) >= 11 is 4.58. The molecule has 25 heteroatoms. The number of nitrogens with two attached hydrogens (primary N) is 1. The number of rotatable bonds is 18. The first-order valence-corrected chi connectivity index (χ1v) is 27.8. The third-order valence-corrected chi connectivity index (χ3v) is 15.0. The van der Waals surface area contributed by atoms with E-state index in [4.69, 9.17) is 5.73 Å². The van der Waals surface area contributed by atoms with Crippen molar-refractivity contribution >= 4 is 88.6 Å². The smallest absolute Gasteiger partial charge is 0.317 e. The van der Waals surface area contributed by atoms with E-state index in [-0.39, 0.29) is 101 Å². The van der Waals surface area contributed by atoms with Gasteiger partial charge in [0.15, 0.2) is 0 Å². The van der Waals surface area contributed by atoms with Crippen molar-refractivity contribution in [3.05, 3.63) is 34.9 Å². The minimum absolute atomic E-state index is 0.00349.